The number of carbonyl (C=O) groups is 1. The van der Waals surface area contributed by atoms with Gasteiger partial charge in [0.2, 0.25) is 12.4 Å². The highest BCUT2D eigenvalue weighted by Crippen LogP contribution is 2.38. The Kier molecular flexibility index (Phi) is 5.31. The minimum absolute atomic E-state index is 0.0655. The molecule has 0 saturated heterocycles. The number of benzene rings is 2. The van der Waals surface area contributed by atoms with Crippen molar-refractivity contribution in [3.05, 3.63) is 59.4 Å². The number of nitrogens with one attached hydrogen (secondary N) is 1. The number of aromatic nitrogens is 1. The Morgan fingerprint density at radius 1 is 1.19 bits per heavy atom. The van der Waals surface area contributed by atoms with E-state index in [1.807, 2.05) is 0 Å². The first-order chi connectivity index (χ1) is 14.6. The second-order valence-electron chi connectivity index (χ2n) is 6.87. The molecular weight excluding hydrogens is 447 g/mol. The lowest BCUT2D eigenvalue weighted by Crippen LogP contribution is -2.42. The van der Waals surface area contributed by atoms with Gasteiger partial charge in [-0.3, -0.25) is 10.1 Å². The lowest BCUT2D eigenvalue weighted by Gasteiger charge is -2.29. The fraction of sp³-hybridized carbons (Fsp3) is 0.200. The van der Waals surface area contributed by atoms with Crippen LogP contribution in [-0.2, 0) is 20.2 Å². The number of fused-ring (bicyclic) bond motifs is 1. The average Bonchev–Trinajstić information content (AvgIpc) is 3.35. The maximum atomic E-state index is 13.3. The van der Waals surface area contributed by atoms with Gasteiger partial charge in [0.25, 0.3) is 5.91 Å². The molecule has 1 amide bonds. The van der Waals surface area contributed by atoms with Gasteiger partial charge in [0.05, 0.1) is 11.1 Å². The Hall–Kier alpha value is -3.18. The fourth-order valence-corrected chi connectivity index (χ4v) is 4.13. The number of nitrogens with zero attached hydrogens (tertiary/aromatic N) is 1. The molecule has 2 heterocycles. The smallest absolute Gasteiger partial charge is 0.274 e. The Labute approximate surface area is 181 Å². The van der Waals surface area contributed by atoms with Crippen LogP contribution in [0.25, 0.3) is 0 Å². The number of carbonyl (C=O) groups excluding carboxylic acids is 1. The van der Waals surface area contributed by atoms with Crippen LogP contribution in [0.5, 0.6) is 17.2 Å². The van der Waals surface area contributed by atoms with Crippen LogP contribution >= 0.6 is 11.3 Å². The molecule has 11 heteroatoms. The number of hydrogen-bond acceptors (Lipinski definition) is 8. The van der Waals surface area contributed by atoms with Crippen LogP contribution in [0.15, 0.2) is 53.6 Å². The van der Waals surface area contributed by atoms with Gasteiger partial charge >= 0.3 is 0 Å². The highest BCUT2D eigenvalue weighted by atomic mass is 32.2. The molecule has 162 valence electrons. The summed E-state index contributed by atoms with van der Waals surface area (Å²) in [7, 11) is -3.42. The first-order valence-corrected chi connectivity index (χ1v) is 11.7. The number of sulfone groups is 1. The highest BCUT2D eigenvalue weighted by Gasteiger charge is 2.39. The quantitative estimate of drug-likeness (QED) is 0.597. The van der Waals surface area contributed by atoms with E-state index in [-0.39, 0.29) is 16.8 Å². The van der Waals surface area contributed by atoms with Crippen molar-refractivity contribution >= 4 is 32.2 Å². The van der Waals surface area contributed by atoms with Gasteiger partial charge in [-0.1, -0.05) is 23.5 Å². The lowest BCUT2D eigenvalue weighted by molar-refractivity contribution is -0.130. The van der Waals surface area contributed by atoms with E-state index in [0.717, 1.165) is 12.5 Å². The average molecular weight is 464 g/mol. The third kappa shape index (κ3) is 4.32. The molecule has 1 unspecified atom stereocenters. The van der Waals surface area contributed by atoms with Crippen LogP contribution in [0.2, 0.25) is 0 Å². The zero-order chi connectivity index (χ0) is 22.2. The second kappa shape index (κ2) is 7.82. The van der Waals surface area contributed by atoms with Crippen molar-refractivity contribution in [2.45, 2.75) is 17.4 Å². The molecule has 0 aliphatic carbocycles. The van der Waals surface area contributed by atoms with Crippen LogP contribution in [0.3, 0.4) is 0 Å². The van der Waals surface area contributed by atoms with Crippen molar-refractivity contribution in [1.82, 2.24) is 4.98 Å². The van der Waals surface area contributed by atoms with Crippen molar-refractivity contribution in [2.24, 2.45) is 0 Å². The van der Waals surface area contributed by atoms with Crippen molar-refractivity contribution in [2.75, 3.05) is 18.4 Å². The van der Waals surface area contributed by atoms with E-state index in [1.165, 1.54) is 31.2 Å². The Morgan fingerprint density at radius 3 is 2.55 bits per heavy atom. The number of halogens is 1. The van der Waals surface area contributed by atoms with Crippen LogP contribution in [-0.4, -0.2) is 32.4 Å². The molecule has 4 rings (SSSR count). The molecule has 2 aromatic carbocycles. The Balaban J connectivity index is 1.71. The molecule has 0 bridgehead atoms. The third-order valence-corrected chi connectivity index (χ3v) is 6.46. The SMILES string of the molecule is CC(Oc1ccc2c(c1)OCO2)(C(=O)Nc1ncc(F)s1)c1ccc(S(C)(=O)=O)cc1. The molecule has 0 spiro atoms. The number of rotatable bonds is 6. The summed E-state index contributed by atoms with van der Waals surface area (Å²) in [6, 6.07) is 10.6. The maximum Gasteiger partial charge on any atom is 0.274 e. The monoisotopic (exact) mass is 464 g/mol. The van der Waals surface area contributed by atoms with E-state index in [1.54, 1.807) is 18.2 Å². The van der Waals surface area contributed by atoms with Crippen LogP contribution in [0, 0.1) is 5.13 Å². The largest absolute Gasteiger partial charge is 0.473 e. The molecule has 3 aromatic rings. The number of ether oxygens (including phenoxy) is 3. The first-order valence-electron chi connectivity index (χ1n) is 8.97. The third-order valence-electron chi connectivity index (χ3n) is 4.63. The van der Waals surface area contributed by atoms with Crippen molar-refractivity contribution in [3.8, 4) is 17.2 Å². The molecule has 1 N–H and O–H groups in total. The molecular formula is C20H17FN2O6S2. The van der Waals surface area contributed by atoms with Gasteiger partial charge < -0.3 is 14.2 Å². The van der Waals surface area contributed by atoms with E-state index < -0.39 is 26.5 Å². The van der Waals surface area contributed by atoms with Crippen LogP contribution in [0.4, 0.5) is 9.52 Å². The van der Waals surface area contributed by atoms with E-state index in [4.69, 9.17) is 14.2 Å². The topological polar surface area (TPSA) is 104 Å². The minimum Gasteiger partial charge on any atom is -0.473 e. The van der Waals surface area contributed by atoms with Crippen molar-refractivity contribution in [3.63, 3.8) is 0 Å². The summed E-state index contributed by atoms with van der Waals surface area (Å²) in [6.07, 6.45) is 2.09. The summed E-state index contributed by atoms with van der Waals surface area (Å²) < 4.78 is 53.6. The highest BCUT2D eigenvalue weighted by molar-refractivity contribution is 7.90. The zero-order valence-corrected chi connectivity index (χ0v) is 18.1. The number of thiazole rings is 1. The van der Waals surface area contributed by atoms with Crippen molar-refractivity contribution < 1.29 is 31.8 Å². The van der Waals surface area contributed by atoms with Crippen molar-refractivity contribution in [1.29, 1.82) is 0 Å². The number of amides is 1. The van der Waals surface area contributed by atoms with Gasteiger partial charge in [-0.2, -0.15) is 4.39 Å². The summed E-state index contributed by atoms with van der Waals surface area (Å²) in [4.78, 5) is 17.1. The molecule has 0 saturated carbocycles. The zero-order valence-electron chi connectivity index (χ0n) is 16.4. The first kappa shape index (κ1) is 21.1. The van der Waals surface area contributed by atoms with E-state index >= 15 is 0 Å². The normalized spacial score (nSPS) is 14.7. The molecule has 8 nitrogen and oxygen atoms in total. The molecule has 31 heavy (non-hydrogen) atoms. The Bertz CT molecular complexity index is 1240. The number of anilines is 1. The number of hydrogen-bond donors (Lipinski definition) is 1. The summed E-state index contributed by atoms with van der Waals surface area (Å²) in [5.74, 6) is 0.718. The van der Waals surface area contributed by atoms with Gasteiger partial charge in [-0.15, -0.1) is 0 Å². The van der Waals surface area contributed by atoms with Gasteiger partial charge in [-0.05, 0) is 31.2 Å². The fourth-order valence-electron chi connectivity index (χ4n) is 2.96. The van der Waals surface area contributed by atoms with Gasteiger partial charge in [0, 0.05) is 17.9 Å². The molecule has 1 atom stereocenters. The van der Waals surface area contributed by atoms with E-state index in [9.17, 15) is 17.6 Å². The molecule has 0 radical (unpaired) electrons. The Morgan fingerprint density at radius 2 is 1.90 bits per heavy atom. The molecule has 1 aliphatic heterocycles. The summed E-state index contributed by atoms with van der Waals surface area (Å²) in [5.41, 5.74) is -1.22. The predicted molar refractivity (Wildman–Crippen MR) is 111 cm³/mol. The summed E-state index contributed by atoms with van der Waals surface area (Å²) in [6.45, 7) is 1.60. The summed E-state index contributed by atoms with van der Waals surface area (Å²) in [5, 5.41) is 2.06. The predicted octanol–water partition coefficient (Wildman–Crippen LogP) is 3.35. The minimum atomic E-state index is -3.42. The molecule has 1 aromatic heterocycles. The molecule has 0 fully saturated rings. The lowest BCUT2D eigenvalue weighted by atomic mass is 9.94. The van der Waals surface area contributed by atoms with Gasteiger partial charge in [0.1, 0.15) is 5.75 Å². The van der Waals surface area contributed by atoms with E-state index in [2.05, 4.69) is 10.3 Å². The van der Waals surface area contributed by atoms with Crippen LogP contribution in [0.1, 0.15) is 12.5 Å². The van der Waals surface area contributed by atoms with Crippen LogP contribution < -0.4 is 19.5 Å². The van der Waals surface area contributed by atoms with Gasteiger partial charge in [0.15, 0.2) is 31.6 Å². The van der Waals surface area contributed by atoms with Gasteiger partial charge in [-0.25, -0.2) is 13.4 Å². The second-order valence-corrected chi connectivity index (χ2v) is 9.87. The maximum absolute atomic E-state index is 13.3. The standard InChI is InChI=1S/C20H17FN2O6S2/c1-20(18(24)23-19-22-10-17(21)30-19,12-3-6-14(7-4-12)31(2,25)26)29-13-5-8-15-16(9-13)28-11-27-15/h3-10H,11H2,1-2H3,(H,22,23,24). The molecule has 1 aliphatic rings. The van der Waals surface area contributed by atoms with E-state index in [0.29, 0.717) is 34.1 Å². The summed E-state index contributed by atoms with van der Waals surface area (Å²) >= 11 is 0.675.